The summed E-state index contributed by atoms with van der Waals surface area (Å²) >= 11 is 0. The highest BCUT2D eigenvalue weighted by atomic mass is 16.3. The van der Waals surface area contributed by atoms with Gasteiger partial charge >= 0.3 is 0 Å². The third-order valence-electron chi connectivity index (χ3n) is 5.09. The van der Waals surface area contributed by atoms with E-state index in [1.807, 2.05) is 0 Å². The van der Waals surface area contributed by atoms with Crippen molar-refractivity contribution in [1.29, 1.82) is 0 Å². The van der Waals surface area contributed by atoms with Crippen molar-refractivity contribution < 1.29 is 5.11 Å². The summed E-state index contributed by atoms with van der Waals surface area (Å²) in [6.07, 6.45) is 6.70. The molecule has 1 heteroatoms. The van der Waals surface area contributed by atoms with E-state index in [1.54, 1.807) is 0 Å². The quantitative estimate of drug-likeness (QED) is 0.758. The van der Waals surface area contributed by atoms with Crippen LogP contribution in [-0.2, 0) is 5.60 Å². The van der Waals surface area contributed by atoms with Crippen molar-refractivity contribution >= 4 is 0 Å². The predicted octanol–water partition coefficient (Wildman–Crippen LogP) is 4.79. The largest absolute Gasteiger partial charge is 0.385 e. The summed E-state index contributed by atoms with van der Waals surface area (Å²) in [7, 11) is 0. The third-order valence-corrected chi connectivity index (χ3v) is 5.09. The molecule has 0 bridgehead atoms. The smallest absolute Gasteiger partial charge is 0.0899 e. The first-order valence-electron chi connectivity index (χ1n) is 7.77. The lowest BCUT2D eigenvalue weighted by atomic mass is 9.82. The van der Waals surface area contributed by atoms with Gasteiger partial charge < -0.3 is 5.11 Å². The molecule has 1 nitrogen and oxygen atoms in total. The maximum absolute atomic E-state index is 11.1. The molecular formula is C18H28O. The molecule has 0 radical (unpaired) electrons. The molecule has 1 aromatic carbocycles. The molecule has 1 aliphatic rings. The molecule has 0 amide bonds. The van der Waals surface area contributed by atoms with E-state index in [0.29, 0.717) is 0 Å². The van der Waals surface area contributed by atoms with Crippen LogP contribution in [0.3, 0.4) is 0 Å². The Labute approximate surface area is 118 Å². The maximum Gasteiger partial charge on any atom is 0.0899 e. The van der Waals surface area contributed by atoms with E-state index in [2.05, 4.69) is 39.8 Å². The van der Waals surface area contributed by atoms with Crippen LogP contribution in [0.4, 0.5) is 0 Å². The third kappa shape index (κ3) is 3.02. The lowest BCUT2D eigenvalue weighted by Crippen LogP contribution is -2.26. The molecule has 1 fully saturated rings. The number of aliphatic hydroxyl groups is 1. The van der Waals surface area contributed by atoms with Gasteiger partial charge in [-0.05, 0) is 74.6 Å². The normalized spacial score (nSPS) is 28.2. The molecular weight excluding hydrogens is 232 g/mol. The molecule has 0 aromatic heterocycles. The Bertz CT molecular complexity index is 449. The zero-order chi connectivity index (χ0) is 14.0. The summed E-state index contributed by atoms with van der Waals surface area (Å²) < 4.78 is 0. The monoisotopic (exact) mass is 260 g/mol. The summed E-state index contributed by atoms with van der Waals surface area (Å²) in [6.45, 7) is 8.71. The Kier molecular flexibility index (Phi) is 4.35. The van der Waals surface area contributed by atoms with Crippen LogP contribution in [0, 0.1) is 26.7 Å². The van der Waals surface area contributed by atoms with Crippen molar-refractivity contribution in [1.82, 2.24) is 0 Å². The Morgan fingerprint density at radius 1 is 1.05 bits per heavy atom. The second kappa shape index (κ2) is 5.66. The van der Waals surface area contributed by atoms with Crippen LogP contribution in [0.1, 0.15) is 67.7 Å². The molecule has 1 saturated carbocycles. The number of benzene rings is 1. The first kappa shape index (κ1) is 14.6. The van der Waals surface area contributed by atoms with Gasteiger partial charge in [-0.25, -0.2) is 0 Å². The van der Waals surface area contributed by atoms with Crippen LogP contribution in [0.5, 0.6) is 0 Å². The van der Waals surface area contributed by atoms with Crippen LogP contribution in [-0.4, -0.2) is 5.11 Å². The molecule has 0 heterocycles. The van der Waals surface area contributed by atoms with Gasteiger partial charge in [-0.3, -0.25) is 0 Å². The van der Waals surface area contributed by atoms with Gasteiger partial charge in [0, 0.05) is 0 Å². The van der Waals surface area contributed by atoms with Crippen LogP contribution in [0.2, 0.25) is 0 Å². The number of hydrogen-bond acceptors (Lipinski definition) is 1. The Morgan fingerprint density at radius 2 is 1.74 bits per heavy atom. The molecule has 2 unspecified atom stereocenters. The van der Waals surface area contributed by atoms with E-state index in [1.165, 1.54) is 41.5 Å². The number of rotatable bonds is 2. The van der Waals surface area contributed by atoms with Crippen molar-refractivity contribution in [3.63, 3.8) is 0 Å². The van der Waals surface area contributed by atoms with E-state index in [-0.39, 0.29) is 0 Å². The van der Waals surface area contributed by atoms with Gasteiger partial charge in [0.25, 0.3) is 0 Å². The topological polar surface area (TPSA) is 20.2 Å². The van der Waals surface area contributed by atoms with Crippen molar-refractivity contribution in [3.05, 3.63) is 34.4 Å². The van der Waals surface area contributed by atoms with Gasteiger partial charge in [-0.15, -0.1) is 0 Å². The SMILES string of the molecule is CCC1CCCC(O)(c2cc(C)c(C)cc2C)CC1. The Balaban J connectivity index is 2.31. The van der Waals surface area contributed by atoms with Crippen LogP contribution >= 0.6 is 0 Å². The molecule has 1 N–H and O–H groups in total. The van der Waals surface area contributed by atoms with Crippen molar-refractivity contribution in [3.8, 4) is 0 Å². The first-order valence-corrected chi connectivity index (χ1v) is 7.77. The molecule has 106 valence electrons. The fraction of sp³-hybridized carbons (Fsp3) is 0.667. The van der Waals surface area contributed by atoms with Gasteiger partial charge in [-0.2, -0.15) is 0 Å². The molecule has 0 spiro atoms. The minimum atomic E-state index is -0.591. The molecule has 19 heavy (non-hydrogen) atoms. The van der Waals surface area contributed by atoms with Crippen molar-refractivity contribution in [2.75, 3.05) is 0 Å². The predicted molar refractivity (Wildman–Crippen MR) is 81.4 cm³/mol. The van der Waals surface area contributed by atoms with E-state index < -0.39 is 5.60 Å². The second-order valence-corrected chi connectivity index (χ2v) is 6.49. The highest BCUT2D eigenvalue weighted by Gasteiger charge is 2.33. The Hall–Kier alpha value is -0.820. The van der Waals surface area contributed by atoms with Crippen LogP contribution < -0.4 is 0 Å². The number of hydrogen-bond donors (Lipinski definition) is 1. The van der Waals surface area contributed by atoms with E-state index in [0.717, 1.165) is 25.2 Å². The van der Waals surface area contributed by atoms with Crippen molar-refractivity contribution in [2.24, 2.45) is 5.92 Å². The average molecular weight is 260 g/mol. The second-order valence-electron chi connectivity index (χ2n) is 6.49. The van der Waals surface area contributed by atoms with E-state index in [9.17, 15) is 5.11 Å². The molecule has 0 saturated heterocycles. The maximum atomic E-state index is 11.1. The first-order chi connectivity index (χ1) is 8.96. The van der Waals surface area contributed by atoms with Gasteiger partial charge in [0.2, 0.25) is 0 Å². The van der Waals surface area contributed by atoms with Crippen LogP contribution in [0.25, 0.3) is 0 Å². The zero-order valence-electron chi connectivity index (χ0n) is 12.9. The van der Waals surface area contributed by atoms with Crippen LogP contribution in [0.15, 0.2) is 12.1 Å². The van der Waals surface area contributed by atoms with Crippen molar-refractivity contribution in [2.45, 2.75) is 71.8 Å². The summed E-state index contributed by atoms with van der Waals surface area (Å²) in [5, 5.41) is 11.1. The minimum absolute atomic E-state index is 0.591. The minimum Gasteiger partial charge on any atom is -0.385 e. The highest BCUT2D eigenvalue weighted by Crippen LogP contribution is 2.40. The average Bonchev–Trinajstić information content (AvgIpc) is 2.56. The summed E-state index contributed by atoms with van der Waals surface area (Å²) in [6, 6.07) is 4.45. The molecule has 2 atom stereocenters. The van der Waals surface area contributed by atoms with E-state index >= 15 is 0 Å². The highest BCUT2D eigenvalue weighted by molar-refractivity contribution is 5.39. The van der Waals surface area contributed by atoms with E-state index in [4.69, 9.17) is 0 Å². The number of aryl methyl sites for hydroxylation is 3. The summed E-state index contributed by atoms with van der Waals surface area (Å²) in [5.74, 6) is 0.806. The van der Waals surface area contributed by atoms with Gasteiger partial charge in [0.05, 0.1) is 5.60 Å². The van der Waals surface area contributed by atoms with Gasteiger partial charge in [-0.1, -0.05) is 31.9 Å². The zero-order valence-corrected chi connectivity index (χ0v) is 12.9. The Morgan fingerprint density at radius 3 is 2.42 bits per heavy atom. The molecule has 0 aliphatic heterocycles. The van der Waals surface area contributed by atoms with Gasteiger partial charge in [0.15, 0.2) is 0 Å². The molecule has 1 aromatic rings. The summed E-state index contributed by atoms with van der Waals surface area (Å²) in [4.78, 5) is 0. The fourth-order valence-corrected chi connectivity index (χ4v) is 3.53. The lowest BCUT2D eigenvalue weighted by molar-refractivity contribution is 0.0189. The standard InChI is InChI=1S/C18H28O/c1-5-16-7-6-9-18(19,10-8-16)17-12-14(3)13(2)11-15(17)4/h11-12,16,19H,5-10H2,1-4H3. The fourth-order valence-electron chi connectivity index (χ4n) is 3.53. The van der Waals surface area contributed by atoms with Gasteiger partial charge in [0.1, 0.15) is 0 Å². The summed E-state index contributed by atoms with van der Waals surface area (Å²) in [5.41, 5.74) is 4.45. The molecule has 2 rings (SSSR count). The lowest BCUT2D eigenvalue weighted by Gasteiger charge is -2.30. The molecule has 1 aliphatic carbocycles.